The van der Waals surface area contributed by atoms with Crippen molar-refractivity contribution in [2.45, 2.75) is 26.7 Å². The van der Waals surface area contributed by atoms with E-state index in [4.69, 9.17) is 0 Å². The summed E-state index contributed by atoms with van der Waals surface area (Å²) in [6.45, 7) is 5.41. The van der Waals surface area contributed by atoms with E-state index >= 15 is 0 Å². The Morgan fingerprint density at radius 2 is 1.62 bits per heavy atom. The number of imide groups is 1. The summed E-state index contributed by atoms with van der Waals surface area (Å²) in [5.41, 5.74) is 4.03. The van der Waals surface area contributed by atoms with Crippen molar-refractivity contribution in [1.82, 2.24) is 9.80 Å². The molecule has 1 aliphatic heterocycles. The molecule has 152 valence electrons. The number of rotatable bonds is 8. The molecule has 6 heteroatoms. The Kier molecular flexibility index (Phi) is 6.44. The van der Waals surface area contributed by atoms with Crippen LogP contribution in [0.25, 0.3) is 0 Å². The fourth-order valence-electron chi connectivity index (χ4n) is 3.49. The van der Waals surface area contributed by atoms with E-state index in [2.05, 4.69) is 5.32 Å². The molecule has 2 aromatic rings. The number of nitrogens with one attached hydrogen (secondary N) is 1. The van der Waals surface area contributed by atoms with E-state index in [1.165, 1.54) is 4.90 Å². The van der Waals surface area contributed by atoms with Gasteiger partial charge in [0.1, 0.15) is 0 Å². The van der Waals surface area contributed by atoms with Crippen molar-refractivity contribution in [3.05, 3.63) is 64.7 Å². The van der Waals surface area contributed by atoms with Crippen molar-refractivity contribution in [3.63, 3.8) is 0 Å². The third kappa shape index (κ3) is 4.71. The average molecular weight is 393 g/mol. The average Bonchev–Trinajstić information content (AvgIpc) is 2.93. The van der Waals surface area contributed by atoms with Crippen LogP contribution < -0.4 is 5.32 Å². The van der Waals surface area contributed by atoms with Crippen LogP contribution in [0.1, 0.15) is 44.7 Å². The minimum absolute atomic E-state index is 0.0541. The van der Waals surface area contributed by atoms with Gasteiger partial charge in [-0.1, -0.05) is 24.3 Å². The first kappa shape index (κ1) is 20.7. The largest absolute Gasteiger partial charge is 0.325 e. The summed E-state index contributed by atoms with van der Waals surface area (Å²) in [6, 6.07) is 12.8. The lowest BCUT2D eigenvalue weighted by molar-refractivity contribution is -0.117. The topological polar surface area (TPSA) is 69.7 Å². The lowest BCUT2D eigenvalue weighted by atomic mass is 10.1. The third-order valence-electron chi connectivity index (χ3n) is 5.34. The molecule has 1 heterocycles. The molecule has 0 fully saturated rings. The molecule has 1 aliphatic rings. The molecular formula is C23H27N3O3. The van der Waals surface area contributed by atoms with Crippen molar-refractivity contribution < 1.29 is 14.4 Å². The number of hydrogen-bond acceptors (Lipinski definition) is 4. The number of anilines is 1. The number of benzene rings is 2. The highest BCUT2D eigenvalue weighted by molar-refractivity contribution is 6.21. The van der Waals surface area contributed by atoms with Gasteiger partial charge in [0.2, 0.25) is 5.91 Å². The summed E-state index contributed by atoms with van der Waals surface area (Å²) in [5.74, 6) is -0.486. The summed E-state index contributed by atoms with van der Waals surface area (Å²) in [6.07, 6.45) is 1.50. The molecular weight excluding hydrogens is 366 g/mol. The van der Waals surface area contributed by atoms with Crippen LogP contribution >= 0.6 is 0 Å². The number of carbonyl (C=O) groups is 3. The lowest BCUT2D eigenvalue weighted by Crippen LogP contribution is -2.33. The second-order valence-electron chi connectivity index (χ2n) is 7.55. The number of fused-ring (bicyclic) bond motifs is 1. The van der Waals surface area contributed by atoms with Gasteiger partial charge in [-0.2, -0.15) is 0 Å². The second-order valence-corrected chi connectivity index (χ2v) is 7.55. The first-order valence-corrected chi connectivity index (χ1v) is 9.88. The standard InChI is InChI=1S/C23H27N3O3/c1-16-9-8-12-20(17(16)2)24-21(27)15-25(3)13-6-7-14-26-22(28)18-10-4-5-11-19(18)23(26)29/h4-5,8-12H,6-7,13-15H2,1-3H3,(H,24,27). The van der Waals surface area contributed by atoms with E-state index in [9.17, 15) is 14.4 Å². The van der Waals surface area contributed by atoms with Crippen molar-refractivity contribution in [2.75, 3.05) is 32.0 Å². The SMILES string of the molecule is Cc1cccc(NC(=O)CN(C)CCCCN2C(=O)c3ccccc3C2=O)c1C. The quantitative estimate of drug-likeness (QED) is 0.552. The molecule has 0 bridgehead atoms. The Morgan fingerprint density at radius 1 is 0.966 bits per heavy atom. The maximum absolute atomic E-state index is 12.3. The molecule has 1 N–H and O–H groups in total. The Morgan fingerprint density at radius 3 is 2.28 bits per heavy atom. The summed E-state index contributed by atoms with van der Waals surface area (Å²) in [7, 11) is 1.89. The van der Waals surface area contributed by atoms with E-state index in [-0.39, 0.29) is 17.7 Å². The molecule has 0 saturated carbocycles. The highest BCUT2D eigenvalue weighted by Gasteiger charge is 2.34. The number of carbonyl (C=O) groups excluding carboxylic acids is 3. The molecule has 0 unspecified atom stereocenters. The zero-order valence-electron chi connectivity index (χ0n) is 17.2. The van der Waals surface area contributed by atoms with E-state index in [1.807, 2.05) is 44.0 Å². The predicted molar refractivity (Wildman–Crippen MR) is 113 cm³/mol. The molecule has 3 amide bonds. The number of nitrogens with zero attached hydrogens (tertiary/aromatic N) is 2. The number of likely N-dealkylation sites (N-methyl/N-ethyl adjacent to an activating group) is 1. The Balaban J connectivity index is 1.41. The minimum atomic E-state index is -0.216. The van der Waals surface area contributed by atoms with Crippen LogP contribution in [0.2, 0.25) is 0 Å². The third-order valence-corrected chi connectivity index (χ3v) is 5.34. The highest BCUT2D eigenvalue weighted by atomic mass is 16.2. The van der Waals surface area contributed by atoms with Gasteiger partial charge >= 0.3 is 0 Å². The number of hydrogen-bond donors (Lipinski definition) is 1. The van der Waals surface area contributed by atoms with E-state index in [1.54, 1.807) is 24.3 Å². The molecule has 0 radical (unpaired) electrons. The molecule has 3 rings (SSSR count). The van der Waals surface area contributed by atoms with Crippen LogP contribution in [0.3, 0.4) is 0 Å². The van der Waals surface area contributed by atoms with Gasteiger partial charge in [0, 0.05) is 12.2 Å². The van der Waals surface area contributed by atoms with Crippen LogP contribution in [0.4, 0.5) is 5.69 Å². The summed E-state index contributed by atoms with van der Waals surface area (Å²) in [5, 5.41) is 2.96. The van der Waals surface area contributed by atoms with E-state index < -0.39 is 0 Å². The van der Waals surface area contributed by atoms with Crippen LogP contribution in [0, 0.1) is 13.8 Å². The molecule has 0 atom stereocenters. The van der Waals surface area contributed by atoms with Crippen molar-refractivity contribution in [2.24, 2.45) is 0 Å². The summed E-state index contributed by atoms with van der Waals surface area (Å²) < 4.78 is 0. The summed E-state index contributed by atoms with van der Waals surface area (Å²) >= 11 is 0. The molecule has 0 aliphatic carbocycles. The van der Waals surface area contributed by atoms with E-state index in [0.717, 1.165) is 23.2 Å². The van der Waals surface area contributed by atoms with Crippen molar-refractivity contribution >= 4 is 23.4 Å². The monoisotopic (exact) mass is 393 g/mol. The highest BCUT2D eigenvalue weighted by Crippen LogP contribution is 2.22. The van der Waals surface area contributed by atoms with Gasteiger partial charge in [-0.15, -0.1) is 0 Å². The molecule has 0 spiro atoms. The fourth-order valence-corrected chi connectivity index (χ4v) is 3.49. The Bertz CT molecular complexity index is 904. The van der Waals surface area contributed by atoms with Crippen molar-refractivity contribution in [3.8, 4) is 0 Å². The maximum Gasteiger partial charge on any atom is 0.261 e. The number of aryl methyl sites for hydroxylation is 1. The number of amides is 3. The van der Waals surface area contributed by atoms with Crippen LogP contribution in [0.5, 0.6) is 0 Å². The molecule has 0 aromatic heterocycles. The van der Waals surface area contributed by atoms with Gasteiger partial charge in [-0.3, -0.25) is 24.2 Å². The van der Waals surface area contributed by atoms with Crippen LogP contribution in [-0.4, -0.2) is 54.2 Å². The smallest absolute Gasteiger partial charge is 0.261 e. The van der Waals surface area contributed by atoms with Crippen molar-refractivity contribution in [1.29, 1.82) is 0 Å². The zero-order valence-corrected chi connectivity index (χ0v) is 17.2. The van der Waals surface area contributed by atoms with Gasteiger partial charge in [-0.05, 0) is 69.6 Å². The lowest BCUT2D eigenvalue weighted by Gasteiger charge is -2.18. The van der Waals surface area contributed by atoms with Gasteiger partial charge < -0.3 is 5.32 Å². The fraction of sp³-hybridized carbons (Fsp3) is 0.348. The van der Waals surface area contributed by atoms with Gasteiger partial charge in [0.05, 0.1) is 17.7 Å². The molecule has 2 aromatic carbocycles. The molecule has 29 heavy (non-hydrogen) atoms. The normalized spacial score (nSPS) is 13.2. The minimum Gasteiger partial charge on any atom is -0.325 e. The summed E-state index contributed by atoms with van der Waals surface area (Å²) in [4.78, 5) is 40.2. The Hall–Kier alpha value is -2.99. The molecule has 0 saturated heterocycles. The Labute approximate surface area is 171 Å². The van der Waals surface area contributed by atoms with Gasteiger partial charge in [-0.25, -0.2) is 0 Å². The molecule has 6 nitrogen and oxygen atoms in total. The van der Waals surface area contributed by atoms with Gasteiger partial charge in [0.15, 0.2) is 0 Å². The van der Waals surface area contributed by atoms with E-state index in [0.29, 0.717) is 37.2 Å². The predicted octanol–water partition coefficient (Wildman–Crippen LogP) is 3.25. The zero-order chi connectivity index (χ0) is 21.0. The van der Waals surface area contributed by atoms with Gasteiger partial charge in [0.25, 0.3) is 11.8 Å². The van der Waals surface area contributed by atoms with Crippen LogP contribution in [0.15, 0.2) is 42.5 Å². The van der Waals surface area contributed by atoms with Crippen LogP contribution in [-0.2, 0) is 4.79 Å². The first-order chi connectivity index (χ1) is 13.9. The number of unbranched alkanes of at least 4 members (excludes halogenated alkanes) is 1. The maximum atomic E-state index is 12.3. The second kappa shape index (κ2) is 9.01. The first-order valence-electron chi connectivity index (χ1n) is 9.88.